The van der Waals surface area contributed by atoms with Gasteiger partial charge in [0.25, 0.3) is 5.56 Å². The fourth-order valence-electron chi connectivity index (χ4n) is 4.01. The molecule has 0 atom stereocenters. The van der Waals surface area contributed by atoms with Gasteiger partial charge in [0, 0.05) is 6.54 Å². The first kappa shape index (κ1) is 26.9. The lowest BCUT2D eigenvalue weighted by Gasteiger charge is -2.24. The Balaban J connectivity index is 1.63. The lowest BCUT2D eigenvalue weighted by molar-refractivity contribution is -0.116. The molecular weight excluding hydrogens is 504 g/mol. The van der Waals surface area contributed by atoms with Gasteiger partial charge in [-0.2, -0.15) is 4.68 Å². The van der Waals surface area contributed by atoms with E-state index in [2.05, 4.69) is 20.5 Å². The number of nitrogen functional groups attached to an aromatic ring is 1. The van der Waals surface area contributed by atoms with Crippen molar-refractivity contribution in [3.8, 4) is 5.69 Å². The van der Waals surface area contributed by atoms with E-state index in [1.807, 2.05) is 69.3 Å². The molecule has 0 spiro atoms. The van der Waals surface area contributed by atoms with Crippen LogP contribution in [0.1, 0.15) is 36.5 Å². The van der Waals surface area contributed by atoms with Crippen molar-refractivity contribution in [1.82, 2.24) is 29.8 Å². The molecule has 198 valence electrons. The standard InChI is InChI=1S/C26H30N8O3S/c1-4-5-13-32(22-23(27)33(25(37)28-24(22)36)15-19-9-7-6-8-10-19)21(35)16-38-26-29-30-31-34(26)20-14-17(2)11-12-18(20)3/h6-12,14H,4-5,13,15-16,27H2,1-3H3,(H,28,36,37). The van der Waals surface area contributed by atoms with Crippen molar-refractivity contribution in [2.45, 2.75) is 45.3 Å². The summed E-state index contributed by atoms with van der Waals surface area (Å²) in [5.41, 5.74) is 8.70. The van der Waals surface area contributed by atoms with Crippen LogP contribution in [0.5, 0.6) is 0 Å². The zero-order valence-corrected chi connectivity index (χ0v) is 22.4. The molecule has 12 heteroatoms. The van der Waals surface area contributed by atoms with Gasteiger partial charge in [-0.25, -0.2) is 4.79 Å². The van der Waals surface area contributed by atoms with Gasteiger partial charge in [-0.3, -0.25) is 19.1 Å². The topological polar surface area (TPSA) is 145 Å². The Hall–Kier alpha value is -4.19. The van der Waals surface area contributed by atoms with Gasteiger partial charge in [0.15, 0.2) is 5.69 Å². The van der Waals surface area contributed by atoms with E-state index >= 15 is 0 Å². The molecule has 2 heterocycles. The first-order chi connectivity index (χ1) is 18.3. The number of aromatic nitrogens is 6. The number of benzene rings is 2. The second-order valence-corrected chi connectivity index (χ2v) is 9.86. The van der Waals surface area contributed by atoms with Crippen LogP contribution in [0.2, 0.25) is 0 Å². The summed E-state index contributed by atoms with van der Waals surface area (Å²) in [6.45, 7) is 6.36. The van der Waals surface area contributed by atoms with E-state index in [0.717, 1.165) is 40.6 Å². The summed E-state index contributed by atoms with van der Waals surface area (Å²) in [4.78, 5) is 42.7. The van der Waals surface area contributed by atoms with Crippen LogP contribution in [0.3, 0.4) is 0 Å². The van der Waals surface area contributed by atoms with Crippen LogP contribution < -0.4 is 21.9 Å². The zero-order chi connectivity index (χ0) is 27.2. The molecule has 0 radical (unpaired) electrons. The number of amides is 1. The lowest BCUT2D eigenvalue weighted by atomic mass is 10.1. The number of H-pyrrole nitrogens is 1. The summed E-state index contributed by atoms with van der Waals surface area (Å²) < 4.78 is 2.87. The number of carbonyl (C=O) groups is 1. The van der Waals surface area contributed by atoms with Gasteiger partial charge >= 0.3 is 5.69 Å². The molecule has 2 aromatic heterocycles. The molecule has 3 N–H and O–H groups in total. The van der Waals surface area contributed by atoms with Gasteiger partial charge in [0.1, 0.15) is 5.82 Å². The van der Waals surface area contributed by atoms with E-state index < -0.39 is 11.2 Å². The first-order valence-electron chi connectivity index (χ1n) is 12.3. The van der Waals surface area contributed by atoms with Crippen molar-refractivity contribution >= 4 is 29.2 Å². The Morgan fingerprint density at radius 3 is 2.63 bits per heavy atom. The van der Waals surface area contributed by atoms with Crippen molar-refractivity contribution in [2.24, 2.45) is 0 Å². The van der Waals surface area contributed by atoms with Crippen molar-refractivity contribution in [3.63, 3.8) is 0 Å². The molecule has 0 aliphatic carbocycles. The predicted molar refractivity (Wildman–Crippen MR) is 148 cm³/mol. The molecule has 0 saturated carbocycles. The molecule has 0 saturated heterocycles. The van der Waals surface area contributed by atoms with Crippen molar-refractivity contribution < 1.29 is 4.79 Å². The Morgan fingerprint density at radius 1 is 1.13 bits per heavy atom. The Bertz CT molecular complexity index is 1540. The van der Waals surface area contributed by atoms with Gasteiger partial charge in [0.2, 0.25) is 11.1 Å². The number of tetrazole rings is 1. The third kappa shape index (κ3) is 5.86. The highest BCUT2D eigenvalue weighted by Gasteiger charge is 2.25. The summed E-state index contributed by atoms with van der Waals surface area (Å²) in [6, 6.07) is 15.2. The van der Waals surface area contributed by atoms with Gasteiger partial charge < -0.3 is 10.6 Å². The number of nitrogens with zero attached hydrogens (tertiary/aromatic N) is 6. The minimum absolute atomic E-state index is 0.0336. The van der Waals surface area contributed by atoms with Gasteiger partial charge in [0.05, 0.1) is 18.0 Å². The normalized spacial score (nSPS) is 11.0. The predicted octanol–water partition coefficient (Wildman–Crippen LogP) is 2.69. The van der Waals surface area contributed by atoms with Crippen LogP contribution >= 0.6 is 11.8 Å². The highest BCUT2D eigenvalue weighted by atomic mass is 32.2. The van der Waals surface area contributed by atoms with Crippen molar-refractivity contribution in [3.05, 3.63) is 86.1 Å². The van der Waals surface area contributed by atoms with Crippen LogP contribution in [0, 0.1) is 13.8 Å². The number of aromatic amines is 1. The first-order valence-corrected chi connectivity index (χ1v) is 13.2. The summed E-state index contributed by atoms with van der Waals surface area (Å²) in [7, 11) is 0. The van der Waals surface area contributed by atoms with E-state index in [1.165, 1.54) is 9.47 Å². The highest BCUT2D eigenvalue weighted by Crippen LogP contribution is 2.24. The Kier molecular flexibility index (Phi) is 8.41. The van der Waals surface area contributed by atoms with Gasteiger partial charge in [-0.1, -0.05) is 67.6 Å². The number of nitrogens with two attached hydrogens (primary N) is 1. The zero-order valence-electron chi connectivity index (χ0n) is 21.5. The molecule has 0 unspecified atom stereocenters. The molecule has 0 bridgehead atoms. The van der Waals surface area contributed by atoms with Crippen LogP contribution in [0.4, 0.5) is 11.5 Å². The SMILES string of the molecule is CCCCN(C(=O)CSc1nnnn1-c1cc(C)ccc1C)c1c(N)n(Cc2ccccc2)c(=O)[nH]c1=O. The van der Waals surface area contributed by atoms with Crippen LogP contribution in [0.25, 0.3) is 5.69 Å². The van der Waals surface area contributed by atoms with Crippen LogP contribution in [0.15, 0.2) is 63.3 Å². The summed E-state index contributed by atoms with van der Waals surface area (Å²) in [6.07, 6.45) is 1.44. The number of aryl methyl sites for hydroxylation is 2. The fourth-order valence-corrected chi connectivity index (χ4v) is 4.77. The quantitative estimate of drug-likeness (QED) is 0.296. The maximum atomic E-state index is 13.5. The molecule has 4 rings (SSSR count). The summed E-state index contributed by atoms with van der Waals surface area (Å²) >= 11 is 1.16. The minimum Gasteiger partial charge on any atom is -0.383 e. The number of nitrogens with one attached hydrogen (secondary N) is 1. The highest BCUT2D eigenvalue weighted by molar-refractivity contribution is 7.99. The molecule has 0 fully saturated rings. The van der Waals surface area contributed by atoms with Crippen LogP contribution in [-0.4, -0.2) is 48.0 Å². The average Bonchev–Trinajstić information content (AvgIpc) is 3.37. The molecular formula is C26H30N8O3S. The second kappa shape index (κ2) is 11.9. The average molecular weight is 535 g/mol. The largest absolute Gasteiger partial charge is 0.383 e. The Labute approximate surface area is 223 Å². The smallest absolute Gasteiger partial charge is 0.330 e. The third-order valence-corrected chi connectivity index (χ3v) is 6.97. The van der Waals surface area contributed by atoms with Crippen molar-refractivity contribution in [1.29, 1.82) is 0 Å². The van der Waals surface area contributed by atoms with E-state index in [0.29, 0.717) is 11.6 Å². The monoisotopic (exact) mass is 534 g/mol. The maximum absolute atomic E-state index is 13.5. The molecule has 4 aromatic rings. The molecule has 0 aliphatic heterocycles. The molecule has 38 heavy (non-hydrogen) atoms. The second-order valence-electron chi connectivity index (χ2n) is 8.92. The molecule has 1 amide bonds. The van der Waals surface area contributed by atoms with E-state index in [-0.39, 0.29) is 36.3 Å². The van der Waals surface area contributed by atoms with Gasteiger partial charge in [-0.05, 0) is 53.5 Å². The van der Waals surface area contributed by atoms with Crippen molar-refractivity contribution in [2.75, 3.05) is 22.9 Å². The van der Waals surface area contributed by atoms with Crippen LogP contribution in [-0.2, 0) is 11.3 Å². The maximum Gasteiger partial charge on any atom is 0.330 e. The number of hydrogen-bond acceptors (Lipinski definition) is 8. The van der Waals surface area contributed by atoms with Gasteiger partial charge in [-0.15, -0.1) is 5.10 Å². The molecule has 0 aliphatic rings. The molecule has 2 aromatic carbocycles. The van der Waals surface area contributed by atoms with E-state index in [1.54, 1.807) is 4.68 Å². The summed E-state index contributed by atoms with van der Waals surface area (Å²) in [5, 5.41) is 12.4. The fraction of sp³-hybridized carbons (Fsp3) is 0.308. The number of rotatable bonds is 10. The summed E-state index contributed by atoms with van der Waals surface area (Å²) in [5.74, 6) is -0.440. The number of unbranched alkanes of at least 4 members (excludes halogenated alkanes) is 1. The molecule has 11 nitrogen and oxygen atoms in total. The Morgan fingerprint density at radius 2 is 1.89 bits per heavy atom. The number of thioether (sulfide) groups is 1. The number of anilines is 2. The number of hydrogen-bond donors (Lipinski definition) is 2. The number of carbonyl (C=O) groups excluding carboxylic acids is 1. The third-order valence-electron chi connectivity index (χ3n) is 6.06. The van der Waals surface area contributed by atoms with E-state index in [4.69, 9.17) is 5.73 Å². The van der Waals surface area contributed by atoms with E-state index in [9.17, 15) is 14.4 Å². The lowest BCUT2D eigenvalue weighted by Crippen LogP contribution is -2.42. The minimum atomic E-state index is -0.702.